The number of hydrogen-bond acceptors (Lipinski definition) is 6. The van der Waals surface area contributed by atoms with Crippen LogP contribution in [-0.2, 0) is 9.53 Å². The highest BCUT2D eigenvalue weighted by Crippen LogP contribution is 2.42. The highest BCUT2D eigenvalue weighted by Gasteiger charge is 2.36. The minimum absolute atomic E-state index is 0.273. The number of methoxy groups -OCH3 is 1. The molecule has 4 aromatic rings. The molecule has 1 atom stereocenters. The molecule has 3 heterocycles. The zero-order valence-electron chi connectivity index (χ0n) is 17.8. The van der Waals surface area contributed by atoms with Gasteiger partial charge in [-0.1, -0.05) is 18.2 Å². The fraction of sp³-hybridized carbons (Fsp3) is 0.160. The third kappa shape index (κ3) is 3.28. The number of benzene rings is 2. The summed E-state index contributed by atoms with van der Waals surface area (Å²) < 4.78 is 12.9. The first-order valence-corrected chi connectivity index (χ1v) is 10.4. The van der Waals surface area contributed by atoms with Crippen molar-refractivity contribution in [1.82, 2.24) is 14.5 Å². The number of imidazole rings is 1. The summed E-state index contributed by atoms with van der Waals surface area (Å²) in [7, 11) is 1.62. The standard InChI is InChI=1S/C25H22N4O3/c1-3-32-24(30)21-22(16-10-12-18(31-2)13-11-16)28-25-27-19-8-4-5-9-20(19)29(25)23(21)17-7-6-14-26-15-17/h4-15,23H,3H2,1-2H3,(H,27,28)/t23-/m1/s1. The van der Waals surface area contributed by atoms with Gasteiger partial charge in [0.05, 0.1) is 42.1 Å². The Hall–Kier alpha value is -4.13. The van der Waals surface area contributed by atoms with Crippen LogP contribution < -0.4 is 10.1 Å². The number of rotatable bonds is 5. The molecule has 0 aliphatic carbocycles. The molecule has 160 valence electrons. The quantitative estimate of drug-likeness (QED) is 0.476. The van der Waals surface area contributed by atoms with Crippen LogP contribution in [0.3, 0.4) is 0 Å². The van der Waals surface area contributed by atoms with E-state index >= 15 is 0 Å². The predicted octanol–water partition coefficient (Wildman–Crippen LogP) is 4.43. The number of nitrogens with one attached hydrogen (secondary N) is 1. The Balaban J connectivity index is 1.80. The zero-order chi connectivity index (χ0) is 22.1. The fourth-order valence-corrected chi connectivity index (χ4v) is 4.10. The van der Waals surface area contributed by atoms with Crippen molar-refractivity contribution in [3.63, 3.8) is 0 Å². The highest BCUT2D eigenvalue weighted by molar-refractivity contribution is 6.03. The summed E-state index contributed by atoms with van der Waals surface area (Å²) in [6, 6.07) is 18.8. The van der Waals surface area contributed by atoms with Gasteiger partial charge in [0.15, 0.2) is 0 Å². The average Bonchev–Trinajstić information content (AvgIpc) is 3.22. The molecule has 2 aromatic carbocycles. The largest absolute Gasteiger partial charge is 0.497 e. The van der Waals surface area contributed by atoms with Crippen LogP contribution in [0.4, 0.5) is 5.95 Å². The summed E-state index contributed by atoms with van der Waals surface area (Å²) >= 11 is 0. The van der Waals surface area contributed by atoms with Gasteiger partial charge in [-0.2, -0.15) is 0 Å². The molecule has 5 rings (SSSR count). The van der Waals surface area contributed by atoms with Gasteiger partial charge >= 0.3 is 5.97 Å². The molecule has 0 saturated carbocycles. The molecule has 2 aromatic heterocycles. The van der Waals surface area contributed by atoms with E-state index in [2.05, 4.69) is 10.3 Å². The van der Waals surface area contributed by atoms with Crippen molar-refractivity contribution < 1.29 is 14.3 Å². The summed E-state index contributed by atoms with van der Waals surface area (Å²) in [4.78, 5) is 22.5. The van der Waals surface area contributed by atoms with E-state index in [1.54, 1.807) is 26.4 Å². The summed E-state index contributed by atoms with van der Waals surface area (Å²) in [5.41, 5.74) is 4.61. The Morgan fingerprint density at radius 2 is 1.91 bits per heavy atom. The van der Waals surface area contributed by atoms with Crippen LogP contribution in [0.1, 0.15) is 24.1 Å². The van der Waals surface area contributed by atoms with E-state index in [1.165, 1.54) is 0 Å². The maximum Gasteiger partial charge on any atom is 0.338 e. The Morgan fingerprint density at radius 3 is 2.62 bits per heavy atom. The lowest BCUT2D eigenvalue weighted by Crippen LogP contribution is -2.29. The van der Waals surface area contributed by atoms with Gasteiger partial charge in [-0.3, -0.25) is 9.55 Å². The fourth-order valence-electron chi connectivity index (χ4n) is 4.10. The number of ether oxygens (including phenoxy) is 2. The Kier molecular flexibility index (Phi) is 5.07. The topological polar surface area (TPSA) is 78.3 Å². The van der Waals surface area contributed by atoms with Gasteiger partial charge in [-0.25, -0.2) is 9.78 Å². The van der Waals surface area contributed by atoms with Crippen molar-refractivity contribution >= 4 is 28.6 Å². The molecule has 1 aliphatic rings. The molecule has 0 unspecified atom stereocenters. The molecule has 7 heteroatoms. The Bertz CT molecular complexity index is 1310. The van der Waals surface area contributed by atoms with Crippen LogP contribution in [0.2, 0.25) is 0 Å². The first-order chi connectivity index (χ1) is 15.7. The number of carbonyl (C=O) groups is 1. The van der Waals surface area contributed by atoms with Gasteiger partial charge < -0.3 is 14.8 Å². The van der Waals surface area contributed by atoms with Crippen LogP contribution in [-0.4, -0.2) is 34.2 Å². The van der Waals surface area contributed by atoms with Gasteiger partial charge in [0, 0.05) is 12.4 Å². The number of para-hydroxylation sites is 2. The lowest BCUT2D eigenvalue weighted by molar-refractivity contribution is -0.138. The second-order valence-corrected chi connectivity index (χ2v) is 7.35. The van der Waals surface area contributed by atoms with E-state index in [-0.39, 0.29) is 12.6 Å². The van der Waals surface area contributed by atoms with Crippen molar-refractivity contribution in [2.75, 3.05) is 19.0 Å². The molecule has 7 nitrogen and oxygen atoms in total. The molecule has 1 aliphatic heterocycles. The number of carbonyl (C=O) groups excluding carboxylic acids is 1. The van der Waals surface area contributed by atoms with Crippen molar-refractivity contribution in [2.45, 2.75) is 13.0 Å². The molecule has 0 bridgehead atoms. The third-order valence-corrected chi connectivity index (χ3v) is 5.51. The Labute approximate surface area is 185 Å². The number of hydrogen-bond donors (Lipinski definition) is 1. The van der Waals surface area contributed by atoms with Crippen LogP contribution in [0.5, 0.6) is 5.75 Å². The summed E-state index contributed by atoms with van der Waals surface area (Å²) in [5.74, 6) is 1.00. The third-order valence-electron chi connectivity index (χ3n) is 5.51. The monoisotopic (exact) mass is 426 g/mol. The van der Waals surface area contributed by atoms with Crippen LogP contribution in [0.15, 0.2) is 78.6 Å². The molecule has 0 fully saturated rings. The maximum absolute atomic E-state index is 13.4. The van der Waals surface area contributed by atoms with E-state index in [1.807, 2.05) is 65.2 Å². The van der Waals surface area contributed by atoms with E-state index in [0.717, 1.165) is 27.9 Å². The summed E-state index contributed by atoms with van der Waals surface area (Å²) in [5, 5.41) is 3.40. The van der Waals surface area contributed by atoms with E-state index in [0.29, 0.717) is 17.2 Å². The van der Waals surface area contributed by atoms with Crippen LogP contribution in [0.25, 0.3) is 16.7 Å². The van der Waals surface area contributed by atoms with Gasteiger partial charge in [0.2, 0.25) is 5.95 Å². The van der Waals surface area contributed by atoms with Crippen molar-refractivity contribution in [3.05, 3.63) is 89.8 Å². The molecule has 32 heavy (non-hydrogen) atoms. The number of nitrogens with zero attached hydrogens (tertiary/aromatic N) is 3. The normalized spacial score (nSPS) is 15.2. The average molecular weight is 426 g/mol. The number of aromatic nitrogens is 3. The smallest absolute Gasteiger partial charge is 0.338 e. The molecule has 1 N–H and O–H groups in total. The molecular weight excluding hydrogens is 404 g/mol. The van der Waals surface area contributed by atoms with Gasteiger partial charge in [-0.05, 0) is 60.5 Å². The number of fused-ring (bicyclic) bond motifs is 3. The zero-order valence-corrected chi connectivity index (χ0v) is 17.8. The minimum atomic E-state index is -0.455. The molecule has 0 amide bonds. The first kappa shape index (κ1) is 19.8. The second kappa shape index (κ2) is 8.19. The number of anilines is 1. The predicted molar refractivity (Wildman–Crippen MR) is 122 cm³/mol. The summed E-state index contributed by atoms with van der Waals surface area (Å²) in [6.45, 7) is 2.08. The molecule has 0 saturated heterocycles. The minimum Gasteiger partial charge on any atom is -0.497 e. The van der Waals surface area contributed by atoms with Crippen molar-refractivity contribution in [2.24, 2.45) is 0 Å². The van der Waals surface area contributed by atoms with E-state index < -0.39 is 6.04 Å². The van der Waals surface area contributed by atoms with Crippen molar-refractivity contribution in [3.8, 4) is 5.75 Å². The number of esters is 1. The Morgan fingerprint density at radius 1 is 1.09 bits per heavy atom. The molecular formula is C25H22N4O3. The summed E-state index contributed by atoms with van der Waals surface area (Å²) in [6.07, 6.45) is 3.50. The second-order valence-electron chi connectivity index (χ2n) is 7.35. The van der Waals surface area contributed by atoms with Crippen LogP contribution in [0, 0.1) is 0 Å². The molecule has 0 radical (unpaired) electrons. The number of pyridine rings is 1. The maximum atomic E-state index is 13.4. The first-order valence-electron chi connectivity index (χ1n) is 10.4. The lowest BCUT2D eigenvalue weighted by Gasteiger charge is -2.31. The van der Waals surface area contributed by atoms with Gasteiger partial charge in [0.25, 0.3) is 0 Å². The SMILES string of the molecule is CCOC(=O)C1=C(c2ccc(OC)cc2)Nc2nc3ccccc3n2[C@@H]1c1cccnc1. The van der Waals surface area contributed by atoms with E-state index in [4.69, 9.17) is 14.5 Å². The lowest BCUT2D eigenvalue weighted by atomic mass is 9.93. The molecule has 0 spiro atoms. The van der Waals surface area contributed by atoms with Gasteiger partial charge in [0.1, 0.15) is 5.75 Å². The van der Waals surface area contributed by atoms with Crippen LogP contribution >= 0.6 is 0 Å². The van der Waals surface area contributed by atoms with Crippen molar-refractivity contribution in [1.29, 1.82) is 0 Å². The highest BCUT2D eigenvalue weighted by atomic mass is 16.5. The van der Waals surface area contributed by atoms with Gasteiger partial charge in [-0.15, -0.1) is 0 Å². The van der Waals surface area contributed by atoms with E-state index in [9.17, 15) is 4.79 Å².